The van der Waals surface area contributed by atoms with Crippen molar-refractivity contribution in [2.24, 2.45) is 0 Å². The van der Waals surface area contributed by atoms with E-state index in [2.05, 4.69) is 18.8 Å². The van der Waals surface area contributed by atoms with Crippen LogP contribution in [-0.2, 0) is 11.2 Å². The predicted octanol–water partition coefficient (Wildman–Crippen LogP) is 3.41. The number of hydrogen-bond acceptors (Lipinski definition) is 2. The summed E-state index contributed by atoms with van der Waals surface area (Å²) in [6.07, 6.45) is 6.68. The van der Waals surface area contributed by atoms with Crippen molar-refractivity contribution in [3.05, 3.63) is 48.6 Å². The molecule has 3 heteroatoms. The fourth-order valence-corrected chi connectivity index (χ4v) is 2.23. The molecule has 0 fully saturated rings. The van der Waals surface area contributed by atoms with Gasteiger partial charge in [0.2, 0.25) is 0 Å². The number of unbranched alkanes of at least 4 members (excludes halogenated alkanes) is 2. The van der Waals surface area contributed by atoms with Gasteiger partial charge in [0.15, 0.2) is 0 Å². The van der Waals surface area contributed by atoms with Crippen molar-refractivity contribution in [2.45, 2.75) is 51.1 Å². The Morgan fingerprint density at radius 1 is 1.35 bits per heavy atom. The molecule has 0 heterocycles. The van der Waals surface area contributed by atoms with Crippen molar-refractivity contribution in [3.63, 3.8) is 0 Å². The van der Waals surface area contributed by atoms with Crippen molar-refractivity contribution in [1.82, 2.24) is 5.32 Å². The fourth-order valence-electron chi connectivity index (χ4n) is 2.23. The van der Waals surface area contributed by atoms with Gasteiger partial charge in [0.05, 0.1) is 0 Å². The first-order valence-electron chi connectivity index (χ1n) is 7.27. The number of nitrogens with one attached hydrogen (secondary N) is 1. The monoisotopic (exact) mass is 275 g/mol. The van der Waals surface area contributed by atoms with E-state index in [0.717, 1.165) is 31.2 Å². The number of allylic oxidation sites excluding steroid dienone is 1. The average molecular weight is 275 g/mol. The molecule has 0 spiro atoms. The largest absolute Gasteiger partial charge is 0.480 e. The number of aliphatic carboxylic acids is 1. The molecule has 20 heavy (non-hydrogen) atoms. The van der Waals surface area contributed by atoms with E-state index >= 15 is 0 Å². The highest BCUT2D eigenvalue weighted by Crippen LogP contribution is 2.08. The topological polar surface area (TPSA) is 49.3 Å². The smallest absolute Gasteiger partial charge is 0.321 e. The molecule has 2 atom stereocenters. The predicted molar refractivity (Wildman–Crippen MR) is 82.8 cm³/mol. The summed E-state index contributed by atoms with van der Waals surface area (Å²) in [7, 11) is 0. The molecule has 0 aliphatic heterocycles. The van der Waals surface area contributed by atoms with Crippen LogP contribution < -0.4 is 5.32 Å². The summed E-state index contributed by atoms with van der Waals surface area (Å²) in [5.74, 6) is -0.785. The van der Waals surface area contributed by atoms with Crippen molar-refractivity contribution in [3.8, 4) is 0 Å². The lowest BCUT2D eigenvalue weighted by Gasteiger charge is -2.20. The molecule has 0 aliphatic carbocycles. The lowest BCUT2D eigenvalue weighted by Crippen LogP contribution is -2.43. The third kappa shape index (κ3) is 6.53. The summed E-state index contributed by atoms with van der Waals surface area (Å²) < 4.78 is 0. The van der Waals surface area contributed by atoms with E-state index < -0.39 is 12.0 Å². The zero-order valence-corrected chi connectivity index (χ0v) is 12.2. The van der Waals surface area contributed by atoms with E-state index in [0.29, 0.717) is 6.42 Å². The van der Waals surface area contributed by atoms with E-state index in [9.17, 15) is 9.90 Å². The maximum absolute atomic E-state index is 11.3. The Morgan fingerprint density at radius 2 is 2.05 bits per heavy atom. The van der Waals surface area contributed by atoms with E-state index in [-0.39, 0.29) is 6.04 Å². The minimum atomic E-state index is -0.785. The van der Waals surface area contributed by atoms with Crippen LogP contribution in [-0.4, -0.2) is 23.2 Å². The highest BCUT2D eigenvalue weighted by Gasteiger charge is 2.19. The Kier molecular flexibility index (Phi) is 7.66. The third-order valence-corrected chi connectivity index (χ3v) is 3.36. The van der Waals surface area contributed by atoms with Crippen LogP contribution in [0.1, 0.15) is 38.2 Å². The summed E-state index contributed by atoms with van der Waals surface area (Å²) in [5, 5.41) is 12.5. The van der Waals surface area contributed by atoms with Gasteiger partial charge in [-0.05, 0) is 38.2 Å². The average Bonchev–Trinajstić information content (AvgIpc) is 2.44. The van der Waals surface area contributed by atoms with Crippen LogP contribution in [0.4, 0.5) is 0 Å². The maximum Gasteiger partial charge on any atom is 0.321 e. The molecule has 0 aromatic heterocycles. The van der Waals surface area contributed by atoms with Gasteiger partial charge in [-0.2, -0.15) is 0 Å². The Morgan fingerprint density at radius 3 is 2.65 bits per heavy atom. The van der Waals surface area contributed by atoms with Crippen LogP contribution in [0.25, 0.3) is 0 Å². The summed E-state index contributed by atoms with van der Waals surface area (Å²) in [4.78, 5) is 11.3. The van der Waals surface area contributed by atoms with Gasteiger partial charge < -0.3 is 10.4 Å². The lowest BCUT2D eigenvalue weighted by molar-refractivity contribution is -0.139. The third-order valence-electron chi connectivity index (χ3n) is 3.36. The molecule has 0 bridgehead atoms. The Hall–Kier alpha value is -1.61. The number of carbonyl (C=O) groups is 1. The molecular formula is C17H25NO2. The normalized spacial score (nSPS) is 13.7. The minimum Gasteiger partial charge on any atom is -0.480 e. The van der Waals surface area contributed by atoms with Crippen LogP contribution >= 0.6 is 0 Å². The van der Waals surface area contributed by atoms with Crippen molar-refractivity contribution < 1.29 is 9.90 Å². The van der Waals surface area contributed by atoms with E-state index in [1.54, 1.807) is 0 Å². The Labute approximate surface area is 121 Å². The lowest BCUT2D eigenvalue weighted by atomic mass is 10.0. The molecule has 0 aliphatic rings. The summed E-state index contributed by atoms with van der Waals surface area (Å²) in [6, 6.07) is 9.43. The summed E-state index contributed by atoms with van der Waals surface area (Å²) in [5.41, 5.74) is 1.05. The second-order valence-corrected chi connectivity index (χ2v) is 5.22. The van der Waals surface area contributed by atoms with Gasteiger partial charge in [0.25, 0.3) is 0 Å². The first-order valence-corrected chi connectivity index (χ1v) is 7.27. The van der Waals surface area contributed by atoms with Crippen molar-refractivity contribution in [1.29, 1.82) is 0 Å². The molecule has 3 nitrogen and oxygen atoms in total. The first-order chi connectivity index (χ1) is 9.63. The van der Waals surface area contributed by atoms with E-state index in [1.807, 2.05) is 36.4 Å². The number of benzene rings is 1. The fraction of sp³-hybridized carbons (Fsp3) is 0.471. The molecule has 0 amide bonds. The van der Waals surface area contributed by atoms with Crippen LogP contribution in [0, 0.1) is 0 Å². The summed E-state index contributed by atoms with van der Waals surface area (Å²) >= 11 is 0. The van der Waals surface area contributed by atoms with Gasteiger partial charge in [-0.3, -0.25) is 4.79 Å². The SMILES string of the molecule is C=CCCCCC(C)N[C@@H](Cc1ccccc1)C(=O)O. The molecule has 1 rings (SSSR count). The second kappa shape index (κ2) is 9.32. The Bertz CT molecular complexity index is 403. The number of hydrogen-bond donors (Lipinski definition) is 2. The second-order valence-electron chi connectivity index (χ2n) is 5.22. The summed E-state index contributed by atoms with van der Waals surface area (Å²) in [6.45, 7) is 5.75. The first kappa shape index (κ1) is 16.4. The van der Waals surface area contributed by atoms with Gasteiger partial charge in [-0.25, -0.2) is 0 Å². The molecule has 1 aromatic carbocycles. The standard InChI is InChI=1S/C17H25NO2/c1-3-4-5-7-10-14(2)18-16(17(19)20)13-15-11-8-6-9-12-15/h3,6,8-9,11-12,14,16,18H,1,4-5,7,10,13H2,2H3,(H,19,20)/t14?,16-/m0/s1. The van der Waals surface area contributed by atoms with Crippen LogP contribution in [0.5, 0.6) is 0 Å². The number of carboxylic acids is 1. The highest BCUT2D eigenvalue weighted by atomic mass is 16.4. The zero-order chi connectivity index (χ0) is 14.8. The van der Waals surface area contributed by atoms with Crippen LogP contribution in [0.15, 0.2) is 43.0 Å². The molecule has 1 unspecified atom stereocenters. The van der Waals surface area contributed by atoms with E-state index in [4.69, 9.17) is 0 Å². The van der Waals surface area contributed by atoms with Crippen LogP contribution in [0.2, 0.25) is 0 Å². The van der Waals surface area contributed by atoms with Gasteiger partial charge in [0.1, 0.15) is 6.04 Å². The highest BCUT2D eigenvalue weighted by molar-refractivity contribution is 5.74. The van der Waals surface area contributed by atoms with Gasteiger partial charge in [-0.15, -0.1) is 6.58 Å². The quantitative estimate of drug-likeness (QED) is 0.508. The number of rotatable bonds is 10. The maximum atomic E-state index is 11.3. The molecule has 110 valence electrons. The van der Waals surface area contributed by atoms with Gasteiger partial charge in [0, 0.05) is 6.04 Å². The molecule has 1 aromatic rings. The van der Waals surface area contributed by atoms with E-state index in [1.165, 1.54) is 0 Å². The molecule has 2 N–H and O–H groups in total. The van der Waals surface area contributed by atoms with Gasteiger partial charge >= 0.3 is 5.97 Å². The molecular weight excluding hydrogens is 250 g/mol. The van der Waals surface area contributed by atoms with Crippen molar-refractivity contribution >= 4 is 5.97 Å². The minimum absolute atomic E-state index is 0.213. The number of carboxylic acid groups (broad SMARTS) is 1. The molecule has 0 saturated carbocycles. The van der Waals surface area contributed by atoms with Crippen molar-refractivity contribution in [2.75, 3.05) is 0 Å². The van der Waals surface area contributed by atoms with Crippen LogP contribution in [0.3, 0.4) is 0 Å². The zero-order valence-electron chi connectivity index (χ0n) is 12.2. The Balaban J connectivity index is 2.42. The molecule has 0 saturated heterocycles. The van der Waals surface area contributed by atoms with Gasteiger partial charge in [-0.1, -0.05) is 42.8 Å². The molecule has 0 radical (unpaired) electrons.